The number of aromatic nitrogens is 3. The zero-order chi connectivity index (χ0) is 12.5. The summed E-state index contributed by atoms with van der Waals surface area (Å²) in [4.78, 5) is 4.58. The lowest BCUT2D eigenvalue weighted by Crippen LogP contribution is -2.22. The van der Waals surface area contributed by atoms with Gasteiger partial charge in [-0.1, -0.05) is 0 Å². The van der Waals surface area contributed by atoms with Gasteiger partial charge in [0, 0.05) is 18.0 Å². The fraction of sp³-hybridized carbons (Fsp3) is 0.583. The average Bonchev–Trinajstić information content (AvgIpc) is 2.96. The summed E-state index contributed by atoms with van der Waals surface area (Å²) >= 11 is 1.73. The molecule has 1 atom stereocenters. The Morgan fingerprint density at radius 3 is 2.83 bits per heavy atom. The highest BCUT2D eigenvalue weighted by Crippen LogP contribution is 2.41. The summed E-state index contributed by atoms with van der Waals surface area (Å²) in [6, 6.07) is 0.330. The minimum Gasteiger partial charge on any atom is -0.424 e. The minimum atomic E-state index is 0.330. The van der Waals surface area contributed by atoms with Crippen molar-refractivity contribution in [3.8, 4) is 0 Å². The predicted molar refractivity (Wildman–Crippen MR) is 68.2 cm³/mol. The van der Waals surface area contributed by atoms with E-state index in [-0.39, 0.29) is 0 Å². The number of hydrogen-bond acceptors (Lipinski definition) is 6. The van der Waals surface area contributed by atoms with Crippen molar-refractivity contribution < 1.29 is 4.42 Å². The first-order valence-corrected chi connectivity index (χ1v) is 7.05. The molecule has 2 aromatic rings. The molecule has 2 aromatic heterocycles. The molecule has 1 fully saturated rings. The van der Waals surface area contributed by atoms with E-state index in [0.717, 1.165) is 5.69 Å². The summed E-state index contributed by atoms with van der Waals surface area (Å²) in [5.74, 6) is 1.96. The Kier molecular flexibility index (Phi) is 3.13. The van der Waals surface area contributed by atoms with Gasteiger partial charge in [-0.25, -0.2) is 4.98 Å². The Bertz CT molecular complexity index is 532. The third-order valence-corrected chi connectivity index (χ3v) is 4.08. The molecular weight excluding hydrogens is 248 g/mol. The summed E-state index contributed by atoms with van der Waals surface area (Å²) in [5.41, 5.74) is 1.09. The van der Waals surface area contributed by atoms with Gasteiger partial charge in [-0.05, 0) is 25.7 Å². The second-order valence-electron chi connectivity index (χ2n) is 4.74. The average molecular weight is 264 g/mol. The monoisotopic (exact) mass is 264 g/mol. The van der Waals surface area contributed by atoms with Gasteiger partial charge in [-0.2, -0.15) is 0 Å². The van der Waals surface area contributed by atoms with Crippen LogP contribution in [0, 0.1) is 19.8 Å². The van der Waals surface area contributed by atoms with Crippen LogP contribution in [0.4, 0.5) is 0 Å². The van der Waals surface area contributed by atoms with Crippen LogP contribution in [0.25, 0.3) is 0 Å². The highest BCUT2D eigenvalue weighted by Gasteiger charge is 2.34. The fourth-order valence-corrected chi connectivity index (χ4v) is 2.97. The predicted octanol–water partition coefficient (Wildman–Crippen LogP) is 2.38. The summed E-state index contributed by atoms with van der Waals surface area (Å²) in [7, 11) is 0. The van der Waals surface area contributed by atoms with Crippen LogP contribution < -0.4 is 5.32 Å². The Morgan fingerprint density at radius 1 is 1.44 bits per heavy atom. The SMILES string of the molecule is Cc1csc(C(NCc2nnc(C)o2)C2CC2)n1. The van der Waals surface area contributed by atoms with Crippen molar-refractivity contribution >= 4 is 11.3 Å². The topological polar surface area (TPSA) is 63.8 Å². The van der Waals surface area contributed by atoms with Gasteiger partial charge >= 0.3 is 0 Å². The second-order valence-corrected chi connectivity index (χ2v) is 5.63. The maximum Gasteiger partial charge on any atom is 0.230 e. The van der Waals surface area contributed by atoms with Crippen LogP contribution in [-0.4, -0.2) is 15.2 Å². The number of hydrogen-bond donors (Lipinski definition) is 1. The van der Waals surface area contributed by atoms with Crippen molar-refractivity contribution in [3.05, 3.63) is 27.9 Å². The molecule has 18 heavy (non-hydrogen) atoms. The maximum atomic E-state index is 5.37. The molecule has 5 nitrogen and oxygen atoms in total. The van der Waals surface area contributed by atoms with Gasteiger partial charge < -0.3 is 4.42 Å². The van der Waals surface area contributed by atoms with Crippen LogP contribution in [0.15, 0.2) is 9.80 Å². The van der Waals surface area contributed by atoms with Gasteiger partial charge in [0.25, 0.3) is 0 Å². The lowest BCUT2D eigenvalue weighted by molar-refractivity contribution is 0.405. The Balaban J connectivity index is 1.67. The van der Waals surface area contributed by atoms with Gasteiger partial charge in [0.2, 0.25) is 11.8 Å². The van der Waals surface area contributed by atoms with Crippen molar-refractivity contribution in [2.75, 3.05) is 0 Å². The van der Waals surface area contributed by atoms with E-state index >= 15 is 0 Å². The molecule has 0 aromatic carbocycles. The second kappa shape index (κ2) is 4.78. The molecule has 1 aliphatic rings. The molecule has 1 aliphatic carbocycles. The van der Waals surface area contributed by atoms with E-state index in [2.05, 4.69) is 25.9 Å². The first kappa shape index (κ1) is 11.8. The van der Waals surface area contributed by atoms with Crippen LogP contribution >= 0.6 is 11.3 Å². The molecule has 1 N–H and O–H groups in total. The third-order valence-electron chi connectivity index (χ3n) is 3.04. The molecule has 0 amide bonds. The molecule has 2 heterocycles. The Labute approximate surface area is 110 Å². The van der Waals surface area contributed by atoms with E-state index in [1.165, 1.54) is 17.8 Å². The van der Waals surface area contributed by atoms with Crippen molar-refractivity contribution in [2.24, 2.45) is 5.92 Å². The fourth-order valence-electron chi connectivity index (χ4n) is 2.01. The van der Waals surface area contributed by atoms with Gasteiger partial charge in [-0.15, -0.1) is 21.5 Å². The van der Waals surface area contributed by atoms with Crippen LogP contribution in [-0.2, 0) is 6.54 Å². The van der Waals surface area contributed by atoms with Crippen LogP contribution in [0.2, 0.25) is 0 Å². The minimum absolute atomic E-state index is 0.330. The molecule has 1 unspecified atom stereocenters. The summed E-state index contributed by atoms with van der Waals surface area (Å²) in [6.07, 6.45) is 2.55. The van der Waals surface area contributed by atoms with E-state index in [1.54, 1.807) is 18.3 Å². The first-order valence-electron chi connectivity index (χ1n) is 6.17. The zero-order valence-corrected chi connectivity index (χ0v) is 11.3. The lowest BCUT2D eigenvalue weighted by atomic mass is 10.2. The van der Waals surface area contributed by atoms with Crippen molar-refractivity contribution in [1.82, 2.24) is 20.5 Å². The standard InChI is InChI=1S/C12H16N4OS/c1-7-6-18-12(14-7)11(9-3-4-9)13-5-10-16-15-8(2)17-10/h6,9,11,13H,3-5H2,1-2H3. The Hall–Kier alpha value is -1.27. The molecule has 0 aliphatic heterocycles. The van der Waals surface area contributed by atoms with E-state index < -0.39 is 0 Å². The number of aryl methyl sites for hydroxylation is 2. The van der Waals surface area contributed by atoms with E-state index in [0.29, 0.717) is 30.3 Å². The van der Waals surface area contributed by atoms with Gasteiger partial charge in [-0.3, -0.25) is 5.32 Å². The first-order chi connectivity index (χ1) is 8.72. The largest absolute Gasteiger partial charge is 0.424 e. The summed E-state index contributed by atoms with van der Waals surface area (Å²) in [6.45, 7) is 4.45. The van der Waals surface area contributed by atoms with Gasteiger partial charge in [0.1, 0.15) is 5.01 Å². The van der Waals surface area contributed by atoms with Crippen molar-refractivity contribution in [3.63, 3.8) is 0 Å². The molecular formula is C12H16N4OS. The third kappa shape index (κ3) is 2.59. The molecule has 0 saturated heterocycles. The van der Waals surface area contributed by atoms with Crippen molar-refractivity contribution in [1.29, 1.82) is 0 Å². The smallest absolute Gasteiger partial charge is 0.230 e. The van der Waals surface area contributed by atoms with Crippen LogP contribution in [0.5, 0.6) is 0 Å². The van der Waals surface area contributed by atoms with Gasteiger partial charge in [0.15, 0.2) is 0 Å². The Morgan fingerprint density at radius 2 is 2.28 bits per heavy atom. The molecule has 3 rings (SSSR count). The number of nitrogens with zero attached hydrogens (tertiary/aromatic N) is 3. The van der Waals surface area contributed by atoms with E-state index in [4.69, 9.17) is 4.42 Å². The maximum absolute atomic E-state index is 5.37. The molecule has 0 bridgehead atoms. The van der Waals surface area contributed by atoms with E-state index in [1.807, 2.05) is 6.92 Å². The summed E-state index contributed by atoms with van der Waals surface area (Å²) < 4.78 is 5.37. The lowest BCUT2D eigenvalue weighted by Gasteiger charge is -2.14. The molecule has 0 radical (unpaired) electrons. The van der Waals surface area contributed by atoms with Crippen molar-refractivity contribution in [2.45, 2.75) is 39.3 Å². The van der Waals surface area contributed by atoms with E-state index in [9.17, 15) is 0 Å². The highest BCUT2D eigenvalue weighted by molar-refractivity contribution is 7.09. The molecule has 6 heteroatoms. The van der Waals surface area contributed by atoms with Gasteiger partial charge in [0.05, 0.1) is 12.6 Å². The van der Waals surface area contributed by atoms with Crippen LogP contribution in [0.3, 0.4) is 0 Å². The molecule has 0 spiro atoms. The molecule has 1 saturated carbocycles. The quantitative estimate of drug-likeness (QED) is 0.898. The molecule has 96 valence electrons. The normalized spacial score (nSPS) is 17.0. The van der Waals surface area contributed by atoms with Crippen LogP contribution in [0.1, 0.15) is 41.4 Å². The number of rotatable bonds is 5. The number of thiazole rings is 1. The number of nitrogens with one attached hydrogen (secondary N) is 1. The zero-order valence-electron chi connectivity index (χ0n) is 10.5. The summed E-state index contributed by atoms with van der Waals surface area (Å²) in [5, 5.41) is 14.6. The highest BCUT2D eigenvalue weighted by atomic mass is 32.1.